The van der Waals surface area contributed by atoms with Gasteiger partial charge in [-0.05, 0) is 33.6 Å². The highest BCUT2D eigenvalue weighted by atomic mass is 16.3. The highest BCUT2D eigenvalue weighted by Crippen LogP contribution is 2.12. The van der Waals surface area contributed by atoms with Gasteiger partial charge in [-0.2, -0.15) is 0 Å². The van der Waals surface area contributed by atoms with Crippen LogP contribution in [0.25, 0.3) is 0 Å². The number of rotatable bonds is 4. The van der Waals surface area contributed by atoms with E-state index in [1.54, 1.807) is 0 Å². The maximum absolute atomic E-state index is 11.4. The van der Waals surface area contributed by atoms with E-state index in [0.29, 0.717) is 19.4 Å². The van der Waals surface area contributed by atoms with Crippen LogP contribution in [0.15, 0.2) is 0 Å². The molecule has 2 amide bonds. The Balaban J connectivity index is 4.00. The van der Waals surface area contributed by atoms with E-state index in [0.717, 1.165) is 0 Å². The zero-order valence-corrected chi connectivity index (χ0v) is 10.5. The molecule has 0 aliphatic carbocycles. The molecule has 0 heterocycles. The molecule has 15 heavy (non-hydrogen) atoms. The van der Waals surface area contributed by atoms with Crippen molar-refractivity contribution in [3.63, 3.8) is 0 Å². The summed E-state index contributed by atoms with van der Waals surface area (Å²) in [6.07, 6.45) is 1.28. The Morgan fingerprint density at radius 2 is 1.67 bits per heavy atom. The average Bonchev–Trinajstić information content (AvgIpc) is 2.12. The molecule has 0 radical (unpaired) electrons. The van der Waals surface area contributed by atoms with E-state index in [-0.39, 0.29) is 11.6 Å². The summed E-state index contributed by atoms with van der Waals surface area (Å²) in [5, 5.41) is 15.4. The Labute approximate surface area is 92.4 Å². The maximum Gasteiger partial charge on any atom is 0.315 e. The standard InChI is InChI=1S/C11H24N2O2/c1-6-11(15,7-2)8-12-9(14)13-10(3,4)5/h15H,6-8H2,1-5H3,(H2,12,13,14). The number of hydrogen-bond acceptors (Lipinski definition) is 2. The summed E-state index contributed by atoms with van der Waals surface area (Å²) in [4.78, 5) is 11.4. The molecule has 0 saturated heterocycles. The van der Waals surface area contributed by atoms with Crippen molar-refractivity contribution in [2.24, 2.45) is 0 Å². The van der Waals surface area contributed by atoms with E-state index >= 15 is 0 Å². The van der Waals surface area contributed by atoms with Gasteiger partial charge < -0.3 is 15.7 Å². The molecule has 3 N–H and O–H groups in total. The lowest BCUT2D eigenvalue weighted by Gasteiger charge is -2.27. The van der Waals surface area contributed by atoms with Crippen LogP contribution >= 0.6 is 0 Å². The zero-order valence-electron chi connectivity index (χ0n) is 10.5. The number of urea groups is 1. The molecule has 4 nitrogen and oxygen atoms in total. The second kappa shape index (κ2) is 5.35. The molecule has 0 fully saturated rings. The fraction of sp³-hybridized carbons (Fsp3) is 0.909. The smallest absolute Gasteiger partial charge is 0.315 e. The average molecular weight is 216 g/mol. The summed E-state index contributed by atoms with van der Waals surface area (Å²) in [6.45, 7) is 9.86. The van der Waals surface area contributed by atoms with Crippen molar-refractivity contribution in [1.82, 2.24) is 10.6 Å². The Bertz CT molecular complexity index is 205. The molecule has 90 valence electrons. The lowest BCUT2D eigenvalue weighted by Crippen LogP contribution is -2.50. The molecule has 0 aromatic rings. The van der Waals surface area contributed by atoms with Crippen LogP contribution in [0.5, 0.6) is 0 Å². The molecule has 0 rings (SSSR count). The summed E-state index contributed by atoms with van der Waals surface area (Å²) < 4.78 is 0. The van der Waals surface area contributed by atoms with Crippen molar-refractivity contribution in [3.05, 3.63) is 0 Å². The summed E-state index contributed by atoms with van der Waals surface area (Å²) in [6, 6.07) is -0.233. The van der Waals surface area contributed by atoms with Crippen molar-refractivity contribution in [2.75, 3.05) is 6.54 Å². The number of aliphatic hydroxyl groups is 1. The summed E-state index contributed by atoms with van der Waals surface area (Å²) in [7, 11) is 0. The molecule has 0 aliphatic rings. The van der Waals surface area contributed by atoms with Gasteiger partial charge in [0, 0.05) is 12.1 Å². The summed E-state index contributed by atoms with van der Waals surface area (Å²) in [5.74, 6) is 0. The van der Waals surface area contributed by atoms with Gasteiger partial charge in [-0.25, -0.2) is 4.79 Å². The second-order valence-corrected chi connectivity index (χ2v) is 4.99. The molecule has 0 atom stereocenters. The fourth-order valence-electron chi connectivity index (χ4n) is 1.13. The van der Waals surface area contributed by atoms with Gasteiger partial charge in [-0.1, -0.05) is 13.8 Å². The minimum Gasteiger partial charge on any atom is -0.388 e. The van der Waals surface area contributed by atoms with Crippen molar-refractivity contribution in [2.45, 2.75) is 58.6 Å². The maximum atomic E-state index is 11.4. The van der Waals surface area contributed by atoms with Crippen molar-refractivity contribution in [3.8, 4) is 0 Å². The first kappa shape index (κ1) is 14.2. The minimum absolute atomic E-state index is 0.233. The molecular formula is C11H24N2O2. The topological polar surface area (TPSA) is 61.4 Å². The Kier molecular flexibility index (Phi) is 5.08. The van der Waals surface area contributed by atoms with E-state index in [1.165, 1.54) is 0 Å². The fourth-order valence-corrected chi connectivity index (χ4v) is 1.13. The monoisotopic (exact) mass is 216 g/mol. The highest BCUT2D eigenvalue weighted by molar-refractivity contribution is 5.74. The first-order valence-corrected chi connectivity index (χ1v) is 5.51. The SMILES string of the molecule is CCC(O)(CC)CNC(=O)NC(C)(C)C. The summed E-state index contributed by atoms with van der Waals surface area (Å²) in [5.41, 5.74) is -1.03. The van der Waals surface area contributed by atoms with E-state index in [2.05, 4.69) is 10.6 Å². The third-order valence-electron chi connectivity index (χ3n) is 2.38. The number of nitrogens with one attached hydrogen (secondary N) is 2. The number of carbonyl (C=O) groups excluding carboxylic acids is 1. The van der Waals surface area contributed by atoms with E-state index in [9.17, 15) is 9.90 Å². The Morgan fingerprint density at radius 3 is 2.00 bits per heavy atom. The van der Waals surface area contributed by atoms with Gasteiger partial charge in [-0.3, -0.25) is 0 Å². The number of amides is 2. The third kappa shape index (κ3) is 6.33. The molecule has 0 aromatic carbocycles. The van der Waals surface area contributed by atoms with Crippen molar-refractivity contribution >= 4 is 6.03 Å². The summed E-state index contributed by atoms with van der Waals surface area (Å²) >= 11 is 0. The first-order valence-electron chi connectivity index (χ1n) is 5.51. The number of hydrogen-bond donors (Lipinski definition) is 3. The lowest BCUT2D eigenvalue weighted by molar-refractivity contribution is 0.0347. The highest BCUT2D eigenvalue weighted by Gasteiger charge is 2.23. The third-order valence-corrected chi connectivity index (χ3v) is 2.38. The Hall–Kier alpha value is -0.770. The molecule has 0 saturated carbocycles. The second-order valence-electron chi connectivity index (χ2n) is 4.99. The van der Waals surface area contributed by atoms with E-state index in [1.807, 2.05) is 34.6 Å². The minimum atomic E-state index is -0.783. The van der Waals surface area contributed by atoms with Crippen LogP contribution in [-0.2, 0) is 0 Å². The predicted octanol–water partition coefficient (Wildman–Crippen LogP) is 1.64. The van der Waals surface area contributed by atoms with Gasteiger partial charge in [0.2, 0.25) is 0 Å². The molecule has 0 spiro atoms. The van der Waals surface area contributed by atoms with Crippen LogP contribution in [0, 0.1) is 0 Å². The predicted molar refractivity (Wildman–Crippen MR) is 61.8 cm³/mol. The largest absolute Gasteiger partial charge is 0.388 e. The van der Waals surface area contributed by atoms with E-state index in [4.69, 9.17) is 0 Å². The van der Waals surface area contributed by atoms with Gasteiger partial charge >= 0.3 is 6.03 Å². The van der Waals surface area contributed by atoms with Crippen LogP contribution < -0.4 is 10.6 Å². The van der Waals surface area contributed by atoms with E-state index < -0.39 is 5.60 Å². The van der Waals surface area contributed by atoms with Gasteiger partial charge in [-0.15, -0.1) is 0 Å². The van der Waals surface area contributed by atoms with Crippen molar-refractivity contribution < 1.29 is 9.90 Å². The zero-order chi connectivity index (χ0) is 12.1. The van der Waals surface area contributed by atoms with Gasteiger partial charge in [0.15, 0.2) is 0 Å². The quantitative estimate of drug-likeness (QED) is 0.669. The van der Waals surface area contributed by atoms with Crippen LogP contribution in [0.3, 0.4) is 0 Å². The van der Waals surface area contributed by atoms with Gasteiger partial charge in [0.25, 0.3) is 0 Å². The van der Waals surface area contributed by atoms with Gasteiger partial charge in [0.1, 0.15) is 0 Å². The van der Waals surface area contributed by atoms with Crippen LogP contribution in [0.2, 0.25) is 0 Å². The van der Waals surface area contributed by atoms with Crippen molar-refractivity contribution in [1.29, 1.82) is 0 Å². The van der Waals surface area contributed by atoms with Crippen LogP contribution in [0.4, 0.5) is 4.79 Å². The van der Waals surface area contributed by atoms with Crippen LogP contribution in [-0.4, -0.2) is 28.8 Å². The molecule has 0 unspecified atom stereocenters. The number of carbonyl (C=O) groups is 1. The molecule has 0 aromatic heterocycles. The lowest BCUT2D eigenvalue weighted by atomic mass is 9.98. The van der Waals surface area contributed by atoms with Gasteiger partial charge in [0.05, 0.1) is 5.60 Å². The molecule has 0 bridgehead atoms. The molecule has 0 aliphatic heterocycles. The first-order chi connectivity index (χ1) is 6.72. The molecular weight excluding hydrogens is 192 g/mol. The Morgan fingerprint density at radius 1 is 1.20 bits per heavy atom. The van der Waals surface area contributed by atoms with Crippen LogP contribution in [0.1, 0.15) is 47.5 Å². The normalized spacial score (nSPS) is 12.4. The molecule has 4 heteroatoms.